The van der Waals surface area contributed by atoms with E-state index in [2.05, 4.69) is 5.32 Å². The third-order valence-corrected chi connectivity index (χ3v) is 2.52. The monoisotopic (exact) mass is 276 g/mol. The van der Waals surface area contributed by atoms with Crippen LogP contribution in [-0.4, -0.2) is 23.2 Å². The highest BCUT2D eigenvalue weighted by Crippen LogP contribution is 2.16. The summed E-state index contributed by atoms with van der Waals surface area (Å²) in [6.45, 7) is 3.02. The number of aliphatic hydroxyl groups excluding tert-OH is 1. The van der Waals surface area contributed by atoms with Crippen LogP contribution in [-0.2, 0) is 9.53 Å². The van der Waals surface area contributed by atoms with E-state index in [4.69, 9.17) is 10.1 Å². The highest BCUT2D eigenvalue weighted by molar-refractivity contribution is 6.01. The van der Waals surface area contributed by atoms with Gasteiger partial charge in [-0.1, -0.05) is 30.3 Å². The van der Waals surface area contributed by atoms with E-state index in [0.717, 1.165) is 5.56 Å². The average Bonchev–Trinajstić information content (AvgIpc) is 2.44. The summed E-state index contributed by atoms with van der Waals surface area (Å²) in [5, 5.41) is 18.8. The number of rotatable bonds is 5. The third kappa shape index (κ3) is 4.24. The molecule has 0 radical (unpaired) electrons. The Balaban J connectivity index is 2.73. The van der Waals surface area contributed by atoms with Crippen molar-refractivity contribution in [2.75, 3.05) is 0 Å². The number of ether oxygens (including phenoxy) is 1. The van der Waals surface area contributed by atoms with Gasteiger partial charge in [-0.25, -0.2) is 4.79 Å². The maximum Gasteiger partial charge on any atom is 0.412 e. The minimum absolute atomic E-state index is 0.147. The lowest BCUT2D eigenvalue weighted by atomic mass is 10.1. The molecule has 0 aliphatic rings. The zero-order chi connectivity index (χ0) is 15.1. The van der Waals surface area contributed by atoms with E-state index >= 15 is 0 Å². The molecule has 1 amide bonds. The summed E-state index contributed by atoms with van der Waals surface area (Å²) in [5.74, 6) is -0.721. The topological polar surface area (TPSA) is 99.5 Å². The third-order valence-electron chi connectivity index (χ3n) is 2.52. The Labute approximate surface area is 116 Å². The van der Waals surface area contributed by atoms with Crippen LogP contribution >= 0.6 is 0 Å². The van der Waals surface area contributed by atoms with Crippen molar-refractivity contribution in [1.82, 2.24) is 5.32 Å². The van der Waals surface area contributed by atoms with E-state index in [1.54, 1.807) is 19.1 Å². The second-order valence-electron chi connectivity index (χ2n) is 4.09. The maximum absolute atomic E-state index is 11.7. The van der Waals surface area contributed by atoms with Crippen LogP contribution < -0.4 is 5.32 Å². The fourth-order valence-electron chi connectivity index (χ4n) is 1.49. The van der Waals surface area contributed by atoms with Gasteiger partial charge in [0.25, 0.3) is 0 Å². The summed E-state index contributed by atoms with van der Waals surface area (Å²) in [6, 6.07) is 9.09. The number of hydrogen-bond acceptors (Lipinski definition) is 5. The Hall–Kier alpha value is -2.63. The number of amides is 1. The molecule has 1 aromatic carbocycles. The molecule has 0 aliphatic heterocycles. The minimum atomic E-state index is -0.851. The number of aliphatic hydroxyl groups is 1. The Morgan fingerprint density at radius 2 is 2.00 bits per heavy atom. The van der Waals surface area contributed by atoms with Gasteiger partial charge in [0.05, 0.1) is 5.71 Å². The van der Waals surface area contributed by atoms with Gasteiger partial charge in [0, 0.05) is 0 Å². The molecule has 106 valence electrons. The van der Waals surface area contributed by atoms with Crippen LogP contribution in [0, 0.1) is 5.41 Å². The normalized spacial score (nSPS) is 12.9. The first kappa shape index (κ1) is 15.4. The van der Waals surface area contributed by atoms with Gasteiger partial charge in [0.2, 0.25) is 0 Å². The number of carbonyl (C=O) groups excluding carboxylic acids is 2. The largest absolute Gasteiger partial charge is 0.503 e. The van der Waals surface area contributed by atoms with E-state index in [9.17, 15) is 14.7 Å². The molecule has 1 aromatic rings. The van der Waals surface area contributed by atoms with E-state index in [0.29, 0.717) is 0 Å². The fraction of sp³-hybridized carbons (Fsp3) is 0.214. The highest BCUT2D eigenvalue weighted by atomic mass is 16.6. The lowest BCUT2D eigenvalue weighted by molar-refractivity contribution is -0.107. The molecule has 3 N–H and O–H groups in total. The zero-order valence-corrected chi connectivity index (χ0v) is 11.2. The molecule has 0 spiro atoms. The van der Waals surface area contributed by atoms with Crippen molar-refractivity contribution < 1.29 is 19.4 Å². The first-order chi connectivity index (χ1) is 9.45. The molecule has 1 rings (SSSR count). The quantitative estimate of drug-likeness (QED) is 0.333. The standard InChI is InChI=1S/C14H16N2O4/c1-9(15)13(12(18)8-17)16-14(19)20-10(2)11-6-4-3-5-7-11/h3-8,10,15,18H,1-2H3,(H,16,19)/b13-12+,15-9?/t10-/m1/s1. The van der Waals surface area contributed by atoms with Crippen LogP contribution in [0.5, 0.6) is 0 Å². The zero-order valence-electron chi connectivity index (χ0n) is 11.2. The lowest BCUT2D eigenvalue weighted by Gasteiger charge is -2.15. The van der Waals surface area contributed by atoms with Gasteiger partial charge < -0.3 is 15.3 Å². The van der Waals surface area contributed by atoms with Crippen LogP contribution in [0.25, 0.3) is 0 Å². The molecule has 1 atom stereocenters. The molecule has 0 aliphatic carbocycles. The first-order valence-electron chi connectivity index (χ1n) is 5.92. The van der Waals surface area contributed by atoms with Gasteiger partial charge >= 0.3 is 6.09 Å². The van der Waals surface area contributed by atoms with Gasteiger partial charge in [0.1, 0.15) is 11.8 Å². The predicted octanol–water partition coefficient (Wildman–Crippen LogP) is 2.48. The number of hydrogen-bond donors (Lipinski definition) is 3. The number of carbonyl (C=O) groups is 2. The number of aldehydes is 1. The van der Waals surface area contributed by atoms with Crippen molar-refractivity contribution in [3.63, 3.8) is 0 Å². The molecule has 0 aromatic heterocycles. The Morgan fingerprint density at radius 1 is 1.40 bits per heavy atom. The van der Waals surface area contributed by atoms with E-state index in [1.165, 1.54) is 6.92 Å². The molecule has 0 bridgehead atoms. The summed E-state index contributed by atoms with van der Waals surface area (Å²) in [7, 11) is 0. The molecule has 6 heteroatoms. The Kier molecular flexibility index (Phi) is 5.46. The second-order valence-corrected chi connectivity index (χ2v) is 4.09. The van der Waals surface area contributed by atoms with Gasteiger partial charge in [-0.05, 0) is 19.4 Å². The molecular formula is C14H16N2O4. The summed E-state index contributed by atoms with van der Waals surface area (Å²) >= 11 is 0. The van der Waals surface area contributed by atoms with Gasteiger partial charge in [0.15, 0.2) is 12.0 Å². The average molecular weight is 276 g/mol. The highest BCUT2D eigenvalue weighted by Gasteiger charge is 2.16. The van der Waals surface area contributed by atoms with Crippen molar-refractivity contribution in [3.8, 4) is 0 Å². The molecule has 0 unspecified atom stereocenters. The first-order valence-corrected chi connectivity index (χ1v) is 5.92. The number of nitrogens with one attached hydrogen (secondary N) is 2. The van der Waals surface area contributed by atoms with Crippen LogP contribution in [0.3, 0.4) is 0 Å². The molecule has 6 nitrogen and oxygen atoms in total. The number of benzene rings is 1. The van der Waals surface area contributed by atoms with Crippen LogP contribution in [0.4, 0.5) is 4.79 Å². The van der Waals surface area contributed by atoms with Crippen LogP contribution in [0.2, 0.25) is 0 Å². The van der Waals surface area contributed by atoms with Crippen molar-refractivity contribution in [2.45, 2.75) is 20.0 Å². The van der Waals surface area contributed by atoms with E-state index in [-0.39, 0.29) is 17.7 Å². The van der Waals surface area contributed by atoms with Gasteiger partial charge in [-0.15, -0.1) is 0 Å². The number of alkyl carbamates (subject to hydrolysis) is 1. The summed E-state index contributed by atoms with van der Waals surface area (Å²) < 4.78 is 5.10. The van der Waals surface area contributed by atoms with Crippen molar-refractivity contribution in [2.24, 2.45) is 0 Å². The Morgan fingerprint density at radius 3 is 2.50 bits per heavy atom. The van der Waals surface area contributed by atoms with Crippen LogP contribution in [0.15, 0.2) is 41.8 Å². The van der Waals surface area contributed by atoms with Gasteiger partial charge in [-0.3, -0.25) is 10.1 Å². The smallest absolute Gasteiger partial charge is 0.412 e. The summed E-state index contributed by atoms with van der Waals surface area (Å²) in [5.41, 5.74) is 0.378. The number of allylic oxidation sites excluding steroid dienone is 2. The molecule has 0 fully saturated rings. The van der Waals surface area contributed by atoms with E-state index in [1.807, 2.05) is 18.2 Å². The maximum atomic E-state index is 11.7. The lowest BCUT2D eigenvalue weighted by Crippen LogP contribution is -2.29. The van der Waals surface area contributed by atoms with Gasteiger partial charge in [-0.2, -0.15) is 0 Å². The van der Waals surface area contributed by atoms with Crippen molar-refractivity contribution in [1.29, 1.82) is 5.41 Å². The van der Waals surface area contributed by atoms with Crippen molar-refractivity contribution >= 4 is 18.1 Å². The van der Waals surface area contributed by atoms with Crippen molar-refractivity contribution in [3.05, 3.63) is 47.4 Å². The van der Waals surface area contributed by atoms with Crippen LogP contribution in [0.1, 0.15) is 25.5 Å². The summed E-state index contributed by atoms with van der Waals surface area (Å²) in [4.78, 5) is 22.2. The molecule has 0 heterocycles. The second kappa shape index (κ2) is 7.08. The SMILES string of the molecule is CC(=N)/C(NC(=O)O[C@H](C)c1ccccc1)=C(\O)C=O. The molecular weight excluding hydrogens is 260 g/mol. The van der Waals surface area contributed by atoms with E-state index < -0.39 is 18.0 Å². The molecule has 20 heavy (non-hydrogen) atoms. The minimum Gasteiger partial charge on any atom is -0.503 e. The Bertz CT molecular complexity index is 537. The molecule has 0 saturated heterocycles. The fourth-order valence-corrected chi connectivity index (χ4v) is 1.49. The molecule has 0 saturated carbocycles. The predicted molar refractivity (Wildman–Crippen MR) is 73.6 cm³/mol. The summed E-state index contributed by atoms with van der Waals surface area (Å²) in [6.07, 6.45) is -1.20.